The number of carbonyl (C=O) groups is 1. The molecule has 2 N–H and O–H groups in total. The van der Waals surface area contributed by atoms with Crippen LogP contribution in [0.1, 0.15) is 5.01 Å². The largest absolute Gasteiger partial charge is 0.453 e. The number of nitrogens with zero attached hydrogens (tertiary/aromatic N) is 2. The summed E-state index contributed by atoms with van der Waals surface area (Å²) in [7, 11) is -3.49. The molecule has 0 radical (unpaired) electrons. The molecule has 15 heteroatoms. The Labute approximate surface area is 198 Å². The molecule has 0 bridgehead atoms. The average Bonchev–Trinajstić information content (AvgIpc) is 3.20. The van der Waals surface area contributed by atoms with Crippen LogP contribution >= 0.6 is 39.0 Å². The molecule has 1 heterocycles. The second-order valence-corrected chi connectivity index (χ2v) is 10.6. The fraction of sp³-hybridized carbons (Fsp3) is 0.294. The van der Waals surface area contributed by atoms with Crippen molar-refractivity contribution in [2.45, 2.75) is 11.1 Å². The number of rotatable bonds is 9. The smallest absolute Gasteiger partial charge is 0.433 e. The minimum atomic E-state index is -4.96. The summed E-state index contributed by atoms with van der Waals surface area (Å²) in [6, 6.07) is 5.83. The number of hydrogen-bond donors (Lipinski definition) is 2. The lowest BCUT2D eigenvalue weighted by atomic mass is 10.2. The number of halogens is 4. The second kappa shape index (κ2) is 10.8. The van der Waals surface area contributed by atoms with Gasteiger partial charge in [0, 0.05) is 11.8 Å². The summed E-state index contributed by atoms with van der Waals surface area (Å²) < 4.78 is 67.0. The molecule has 0 unspecified atom stereocenters. The molecule has 32 heavy (non-hydrogen) atoms. The summed E-state index contributed by atoms with van der Waals surface area (Å²) in [5.74, 6) is -0.653. The maximum atomic E-state index is 13.1. The van der Waals surface area contributed by atoms with E-state index in [1.165, 1.54) is 30.0 Å². The molecule has 8 nitrogen and oxygen atoms in total. The number of ether oxygens (including phenoxy) is 1. The SMILES string of the molecule is CSCOC(=O)CN/C(=C(/Br)C(=N)C(F)(F)F)c1nnc(-c2cccc(S(C)(=O)=O)c2)s1. The maximum Gasteiger partial charge on any atom is 0.433 e. The molecule has 0 aliphatic rings. The second-order valence-electron chi connectivity index (χ2n) is 6.05. The lowest BCUT2D eigenvalue weighted by Gasteiger charge is -2.13. The standard InChI is InChI=1S/C17H16BrF3N4O4S3/c1-30-8-29-11(26)7-23-13(12(18)14(22)17(19,20)21)16-25-24-15(31-16)9-4-3-5-10(6-9)32(2,27)28/h3-6,22-23H,7-8H2,1-2H3/b13-12+,22-14?. The van der Waals surface area contributed by atoms with Gasteiger partial charge < -0.3 is 10.1 Å². The highest BCUT2D eigenvalue weighted by molar-refractivity contribution is 9.12. The Morgan fingerprint density at radius 2 is 2.03 bits per heavy atom. The first-order valence-corrected chi connectivity index (χ1v) is 13.3. The van der Waals surface area contributed by atoms with E-state index in [0.717, 1.165) is 17.6 Å². The van der Waals surface area contributed by atoms with Gasteiger partial charge in [-0.15, -0.1) is 22.0 Å². The molecule has 0 fully saturated rings. The number of sulfone groups is 1. The molecule has 1 aromatic heterocycles. The number of nitrogens with one attached hydrogen (secondary N) is 2. The summed E-state index contributed by atoms with van der Waals surface area (Å²) in [4.78, 5) is 11.8. The van der Waals surface area contributed by atoms with Crippen molar-refractivity contribution in [2.24, 2.45) is 0 Å². The molecular formula is C17H16BrF3N4O4S3. The molecule has 0 atom stereocenters. The quantitative estimate of drug-likeness (QED) is 0.265. The molecule has 174 valence electrons. The number of carbonyl (C=O) groups excluding carboxylic acids is 1. The number of thioether (sulfide) groups is 1. The first-order chi connectivity index (χ1) is 14.8. The summed E-state index contributed by atoms with van der Waals surface area (Å²) >= 11 is 4.86. The monoisotopic (exact) mass is 572 g/mol. The van der Waals surface area contributed by atoms with E-state index in [9.17, 15) is 26.4 Å². The summed E-state index contributed by atoms with van der Waals surface area (Å²) in [5, 5.41) is 17.9. The van der Waals surface area contributed by atoms with E-state index >= 15 is 0 Å². The van der Waals surface area contributed by atoms with Gasteiger partial charge in [-0.1, -0.05) is 23.5 Å². The van der Waals surface area contributed by atoms with Gasteiger partial charge in [0.1, 0.15) is 17.5 Å². The van der Waals surface area contributed by atoms with Gasteiger partial charge in [-0.25, -0.2) is 8.42 Å². The Morgan fingerprint density at radius 3 is 2.62 bits per heavy atom. The van der Waals surface area contributed by atoms with Crippen molar-refractivity contribution in [1.29, 1.82) is 5.41 Å². The van der Waals surface area contributed by atoms with Gasteiger partial charge in [-0.05, 0) is 34.3 Å². The van der Waals surface area contributed by atoms with Crippen LogP contribution in [0.4, 0.5) is 13.2 Å². The van der Waals surface area contributed by atoms with Gasteiger partial charge in [-0.2, -0.15) is 13.2 Å². The van der Waals surface area contributed by atoms with E-state index < -0.39 is 38.7 Å². The first-order valence-electron chi connectivity index (χ1n) is 8.43. The van der Waals surface area contributed by atoms with Gasteiger partial charge in [0.25, 0.3) is 0 Å². The molecule has 0 spiro atoms. The van der Waals surface area contributed by atoms with Crippen LogP contribution in [0.5, 0.6) is 0 Å². The van der Waals surface area contributed by atoms with Gasteiger partial charge >= 0.3 is 12.1 Å². The van der Waals surface area contributed by atoms with Crippen LogP contribution in [0.3, 0.4) is 0 Å². The molecule has 2 rings (SSSR count). The number of aromatic nitrogens is 2. The first kappa shape index (κ1) is 26.3. The van der Waals surface area contributed by atoms with Crippen molar-refractivity contribution in [2.75, 3.05) is 25.0 Å². The highest BCUT2D eigenvalue weighted by atomic mass is 79.9. The Balaban J connectivity index is 2.44. The zero-order chi connectivity index (χ0) is 24.1. The summed E-state index contributed by atoms with van der Waals surface area (Å²) in [6.07, 6.45) is -2.21. The predicted octanol–water partition coefficient (Wildman–Crippen LogP) is 3.71. The van der Waals surface area contributed by atoms with E-state index in [1.807, 2.05) is 0 Å². The van der Waals surface area contributed by atoms with Crippen molar-refractivity contribution in [3.05, 3.63) is 33.8 Å². The number of esters is 1. The molecule has 0 aliphatic heterocycles. The molecule has 0 aliphatic carbocycles. The van der Waals surface area contributed by atoms with E-state index in [4.69, 9.17) is 10.1 Å². The molecule has 1 aromatic carbocycles. The molecular weight excluding hydrogens is 557 g/mol. The van der Waals surface area contributed by atoms with Crippen LogP contribution in [0.15, 0.2) is 33.6 Å². The van der Waals surface area contributed by atoms with Crippen molar-refractivity contribution in [3.8, 4) is 10.6 Å². The fourth-order valence-electron chi connectivity index (χ4n) is 2.13. The van der Waals surface area contributed by atoms with Gasteiger partial charge in [-0.3, -0.25) is 10.2 Å². The number of alkyl halides is 3. The highest BCUT2D eigenvalue weighted by Gasteiger charge is 2.38. The van der Waals surface area contributed by atoms with Crippen LogP contribution in [0, 0.1) is 5.41 Å². The zero-order valence-electron chi connectivity index (χ0n) is 16.5. The van der Waals surface area contributed by atoms with Gasteiger partial charge in [0.05, 0.1) is 15.1 Å². The van der Waals surface area contributed by atoms with Crippen molar-refractivity contribution in [1.82, 2.24) is 15.5 Å². The van der Waals surface area contributed by atoms with Gasteiger partial charge in [0.2, 0.25) is 0 Å². The topological polar surface area (TPSA) is 122 Å². The molecule has 2 aromatic rings. The Morgan fingerprint density at radius 1 is 1.34 bits per heavy atom. The predicted molar refractivity (Wildman–Crippen MR) is 121 cm³/mol. The molecule has 0 amide bonds. The number of benzene rings is 1. The summed E-state index contributed by atoms with van der Waals surface area (Å²) in [6.45, 7) is -0.478. The maximum absolute atomic E-state index is 13.1. The molecule has 0 saturated carbocycles. The minimum Gasteiger partial charge on any atom is -0.453 e. The van der Waals surface area contributed by atoms with E-state index in [1.54, 1.807) is 12.3 Å². The third-order valence-electron chi connectivity index (χ3n) is 3.62. The van der Waals surface area contributed by atoms with Crippen molar-refractivity contribution >= 4 is 66.2 Å². The lowest BCUT2D eigenvalue weighted by molar-refractivity contribution is -0.140. The lowest BCUT2D eigenvalue weighted by Crippen LogP contribution is -2.28. The van der Waals surface area contributed by atoms with Crippen LogP contribution in [-0.4, -0.2) is 61.5 Å². The van der Waals surface area contributed by atoms with Crippen LogP contribution in [0.25, 0.3) is 16.3 Å². The number of allylic oxidation sites excluding steroid dienone is 1. The zero-order valence-corrected chi connectivity index (χ0v) is 20.5. The van der Waals surface area contributed by atoms with Crippen LogP contribution < -0.4 is 5.32 Å². The summed E-state index contributed by atoms with van der Waals surface area (Å²) in [5.41, 5.74) is -1.58. The Hall–Kier alpha value is -1.97. The fourth-order valence-corrected chi connectivity index (χ4v) is 4.60. The highest BCUT2D eigenvalue weighted by Crippen LogP contribution is 2.33. The van der Waals surface area contributed by atoms with Crippen molar-refractivity contribution in [3.63, 3.8) is 0 Å². The average molecular weight is 573 g/mol. The minimum absolute atomic E-state index is 0.0391. The van der Waals surface area contributed by atoms with Gasteiger partial charge in [0.15, 0.2) is 20.6 Å². The Bertz CT molecular complexity index is 1150. The van der Waals surface area contributed by atoms with E-state index in [-0.39, 0.29) is 26.5 Å². The number of hydrogen-bond acceptors (Lipinski definition) is 10. The van der Waals surface area contributed by atoms with E-state index in [0.29, 0.717) is 5.56 Å². The third-order valence-corrected chi connectivity index (χ3v) is 6.86. The van der Waals surface area contributed by atoms with Crippen LogP contribution in [0.2, 0.25) is 0 Å². The van der Waals surface area contributed by atoms with Crippen LogP contribution in [-0.2, 0) is 19.4 Å². The van der Waals surface area contributed by atoms with Crippen molar-refractivity contribution < 1.29 is 31.1 Å². The third kappa shape index (κ3) is 7.02. The Kier molecular flexibility index (Phi) is 8.84. The van der Waals surface area contributed by atoms with E-state index in [2.05, 4.69) is 31.4 Å². The molecule has 0 saturated heterocycles. The normalized spacial score (nSPS) is 12.8.